The molecular weight excluding hydrogens is 412 g/mol. The minimum Gasteiger partial charge on any atom is -0.490 e. The van der Waals surface area contributed by atoms with Crippen LogP contribution in [0.1, 0.15) is 37.0 Å². The Bertz CT molecular complexity index is 1240. The number of oxime groups is 1. The number of carboxylic acids is 1. The molecule has 162 valence electrons. The lowest BCUT2D eigenvalue weighted by atomic mass is 10.0. The van der Waals surface area contributed by atoms with Crippen LogP contribution in [0, 0.1) is 11.3 Å². The molecule has 0 saturated carbocycles. The SMILES string of the molecule is CC(C)Oc1ccc(-c2nc(-c3cccc4c3CCC4=NOCC(=O)O)no2)cc1C#N. The number of carbonyl (C=O) groups is 1. The van der Waals surface area contributed by atoms with Crippen LogP contribution in [0.15, 0.2) is 46.1 Å². The third kappa shape index (κ3) is 4.30. The predicted molar refractivity (Wildman–Crippen MR) is 114 cm³/mol. The minimum absolute atomic E-state index is 0.0499. The Labute approximate surface area is 183 Å². The summed E-state index contributed by atoms with van der Waals surface area (Å²) in [5.74, 6) is 0.139. The van der Waals surface area contributed by atoms with Crippen molar-refractivity contribution >= 4 is 11.7 Å². The maximum Gasteiger partial charge on any atom is 0.344 e. The van der Waals surface area contributed by atoms with Gasteiger partial charge in [0.15, 0.2) is 0 Å². The number of hydrogen-bond donors (Lipinski definition) is 1. The summed E-state index contributed by atoms with van der Waals surface area (Å²) in [6.07, 6.45) is 1.27. The zero-order valence-electron chi connectivity index (χ0n) is 17.5. The van der Waals surface area contributed by atoms with Gasteiger partial charge in [0.25, 0.3) is 5.89 Å². The largest absolute Gasteiger partial charge is 0.490 e. The Morgan fingerprint density at radius 3 is 2.84 bits per heavy atom. The van der Waals surface area contributed by atoms with E-state index in [-0.39, 0.29) is 6.10 Å². The predicted octanol–water partition coefficient (Wildman–Crippen LogP) is 3.81. The monoisotopic (exact) mass is 432 g/mol. The molecule has 9 heteroatoms. The Hall–Kier alpha value is -4.19. The second-order valence-electron chi connectivity index (χ2n) is 7.45. The second-order valence-corrected chi connectivity index (χ2v) is 7.45. The minimum atomic E-state index is -1.08. The molecule has 3 aromatic rings. The first-order valence-electron chi connectivity index (χ1n) is 10.0. The van der Waals surface area contributed by atoms with Crippen LogP contribution in [-0.2, 0) is 16.1 Å². The first-order chi connectivity index (χ1) is 15.5. The maximum absolute atomic E-state index is 10.6. The van der Waals surface area contributed by atoms with E-state index in [1.54, 1.807) is 18.2 Å². The van der Waals surface area contributed by atoms with Gasteiger partial charge >= 0.3 is 5.97 Å². The fraction of sp³-hybridized carbons (Fsp3) is 0.261. The molecule has 2 aromatic carbocycles. The van der Waals surface area contributed by atoms with Crippen LogP contribution in [0.4, 0.5) is 0 Å². The lowest BCUT2D eigenvalue weighted by Crippen LogP contribution is -2.06. The van der Waals surface area contributed by atoms with Crippen LogP contribution in [0.3, 0.4) is 0 Å². The summed E-state index contributed by atoms with van der Waals surface area (Å²) in [5.41, 5.74) is 4.37. The number of nitriles is 1. The number of benzene rings is 2. The number of ether oxygens (including phenoxy) is 1. The number of fused-ring (bicyclic) bond motifs is 1. The molecule has 1 heterocycles. The van der Waals surface area contributed by atoms with Crippen molar-refractivity contribution in [3.05, 3.63) is 53.1 Å². The second kappa shape index (κ2) is 8.89. The Kier molecular flexibility index (Phi) is 5.85. The van der Waals surface area contributed by atoms with Gasteiger partial charge in [-0.1, -0.05) is 28.5 Å². The van der Waals surface area contributed by atoms with Crippen molar-refractivity contribution in [2.45, 2.75) is 32.8 Å². The Morgan fingerprint density at radius 2 is 2.09 bits per heavy atom. The summed E-state index contributed by atoms with van der Waals surface area (Å²) in [5, 5.41) is 26.3. The van der Waals surface area contributed by atoms with Gasteiger partial charge in [-0.2, -0.15) is 10.2 Å². The van der Waals surface area contributed by atoms with Gasteiger partial charge in [-0.25, -0.2) is 4.79 Å². The van der Waals surface area contributed by atoms with E-state index in [1.807, 2.05) is 32.0 Å². The van der Waals surface area contributed by atoms with Gasteiger partial charge < -0.3 is 19.2 Å². The zero-order chi connectivity index (χ0) is 22.7. The summed E-state index contributed by atoms with van der Waals surface area (Å²) < 4.78 is 11.1. The van der Waals surface area contributed by atoms with Crippen LogP contribution < -0.4 is 4.74 Å². The normalized spacial score (nSPS) is 13.8. The highest BCUT2D eigenvalue weighted by Crippen LogP contribution is 2.33. The van der Waals surface area contributed by atoms with E-state index in [0.29, 0.717) is 47.1 Å². The van der Waals surface area contributed by atoms with Gasteiger partial charge in [0.1, 0.15) is 11.8 Å². The maximum atomic E-state index is 10.6. The van der Waals surface area contributed by atoms with Crippen LogP contribution in [0.25, 0.3) is 22.8 Å². The molecule has 0 unspecified atom stereocenters. The van der Waals surface area contributed by atoms with Gasteiger partial charge in [-0.15, -0.1) is 0 Å². The number of carboxylic acid groups (broad SMARTS) is 1. The summed E-state index contributed by atoms with van der Waals surface area (Å²) in [6.45, 7) is 3.30. The lowest BCUT2D eigenvalue weighted by Gasteiger charge is -2.11. The Morgan fingerprint density at radius 1 is 1.28 bits per heavy atom. The third-order valence-electron chi connectivity index (χ3n) is 4.84. The Balaban J connectivity index is 1.62. The van der Waals surface area contributed by atoms with Gasteiger partial charge in [0.2, 0.25) is 12.4 Å². The molecule has 9 nitrogen and oxygen atoms in total. The molecule has 1 aliphatic carbocycles. The fourth-order valence-corrected chi connectivity index (χ4v) is 3.53. The molecule has 0 bridgehead atoms. The van der Waals surface area contributed by atoms with E-state index >= 15 is 0 Å². The van der Waals surface area contributed by atoms with E-state index < -0.39 is 12.6 Å². The molecule has 0 fully saturated rings. The number of nitrogens with zero attached hydrogens (tertiary/aromatic N) is 4. The molecule has 0 saturated heterocycles. The van der Waals surface area contributed by atoms with Crippen molar-refractivity contribution in [1.29, 1.82) is 5.26 Å². The van der Waals surface area contributed by atoms with E-state index in [4.69, 9.17) is 19.2 Å². The van der Waals surface area contributed by atoms with Crippen LogP contribution in [0.2, 0.25) is 0 Å². The quantitative estimate of drug-likeness (QED) is 0.558. The number of aromatic nitrogens is 2. The molecule has 0 spiro atoms. The number of rotatable bonds is 7. The third-order valence-corrected chi connectivity index (χ3v) is 4.84. The highest BCUT2D eigenvalue weighted by atomic mass is 16.6. The van der Waals surface area contributed by atoms with E-state index in [9.17, 15) is 10.1 Å². The highest BCUT2D eigenvalue weighted by molar-refractivity contribution is 6.05. The number of hydrogen-bond acceptors (Lipinski definition) is 8. The molecule has 1 aliphatic rings. The van der Waals surface area contributed by atoms with E-state index in [0.717, 1.165) is 16.7 Å². The molecule has 0 radical (unpaired) electrons. The average molecular weight is 432 g/mol. The molecule has 32 heavy (non-hydrogen) atoms. The van der Waals surface area contributed by atoms with Gasteiger partial charge in [-0.05, 0) is 50.5 Å². The van der Waals surface area contributed by atoms with E-state index in [1.165, 1.54) is 0 Å². The molecule has 1 N–H and O–H groups in total. The van der Waals surface area contributed by atoms with Crippen molar-refractivity contribution in [3.8, 4) is 34.7 Å². The summed E-state index contributed by atoms with van der Waals surface area (Å²) in [7, 11) is 0. The molecule has 4 rings (SSSR count). The first-order valence-corrected chi connectivity index (χ1v) is 10.0. The summed E-state index contributed by atoms with van der Waals surface area (Å²) >= 11 is 0. The van der Waals surface area contributed by atoms with Crippen molar-refractivity contribution in [1.82, 2.24) is 10.1 Å². The van der Waals surface area contributed by atoms with Gasteiger partial charge in [-0.3, -0.25) is 0 Å². The smallest absolute Gasteiger partial charge is 0.344 e. The molecule has 0 aliphatic heterocycles. The number of aliphatic carboxylic acids is 1. The highest BCUT2D eigenvalue weighted by Gasteiger charge is 2.24. The molecule has 0 amide bonds. The summed E-state index contributed by atoms with van der Waals surface area (Å²) in [6, 6.07) is 12.9. The molecule has 0 atom stereocenters. The standard InChI is InChI=1S/C23H20N4O5/c1-13(2)31-20-9-6-14(10-15(20)11-24)23-25-22(27-32-23)18-5-3-4-17-16(18)7-8-19(17)26-30-12-21(28)29/h3-6,9-10,13H,7-8,12H2,1-2H3,(H,28,29). The van der Waals surface area contributed by atoms with Crippen molar-refractivity contribution in [2.75, 3.05) is 6.61 Å². The first kappa shape index (κ1) is 21.1. The molecule has 1 aromatic heterocycles. The average Bonchev–Trinajstić information content (AvgIpc) is 3.41. The van der Waals surface area contributed by atoms with Crippen LogP contribution >= 0.6 is 0 Å². The van der Waals surface area contributed by atoms with E-state index in [2.05, 4.69) is 21.4 Å². The van der Waals surface area contributed by atoms with Crippen LogP contribution in [-0.4, -0.2) is 39.6 Å². The molecular formula is C23H20N4O5. The summed E-state index contributed by atoms with van der Waals surface area (Å²) in [4.78, 5) is 20.1. The van der Waals surface area contributed by atoms with Gasteiger partial charge in [0.05, 0.1) is 17.4 Å². The van der Waals surface area contributed by atoms with Crippen molar-refractivity contribution < 1.29 is 24.0 Å². The zero-order valence-corrected chi connectivity index (χ0v) is 17.5. The van der Waals surface area contributed by atoms with Crippen molar-refractivity contribution in [3.63, 3.8) is 0 Å². The lowest BCUT2D eigenvalue weighted by molar-refractivity contribution is -0.142. The van der Waals surface area contributed by atoms with Crippen LogP contribution in [0.5, 0.6) is 5.75 Å². The van der Waals surface area contributed by atoms with Crippen molar-refractivity contribution in [2.24, 2.45) is 5.16 Å². The fourth-order valence-electron chi connectivity index (χ4n) is 3.53. The topological polar surface area (TPSA) is 131 Å². The van der Waals surface area contributed by atoms with Gasteiger partial charge in [0, 0.05) is 16.7 Å².